The van der Waals surface area contributed by atoms with E-state index < -0.39 is 28.9 Å². The number of rotatable bonds is 9. The number of nitro benzene ring substituents is 1. The summed E-state index contributed by atoms with van der Waals surface area (Å²) in [4.78, 5) is 45.5. The van der Waals surface area contributed by atoms with Crippen LogP contribution in [0, 0.1) is 16.0 Å². The molecule has 0 aliphatic carbocycles. The third-order valence-corrected chi connectivity index (χ3v) is 4.29. The third-order valence-electron chi connectivity index (χ3n) is 4.29. The first-order valence-electron chi connectivity index (χ1n) is 9.67. The second kappa shape index (κ2) is 11.4. The number of carbonyl (C=O) groups is 3. The smallest absolute Gasteiger partial charge is 0.429 e. The molecule has 0 radical (unpaired) electrons. The maximum absolute atomic E-state index is 12.0. The fourth-order valence-electron chi connectivity index (χ4n) is 2.38. The zero-order valence-corrected chi connectivity index (χ0v) is 17.6. The number of anilines is 1. The molecule has 0 heterocycles. The van der Waals surface area contributed by atoms with Gasteiger partial charge in [-0.15, -0.1) is 0 Å². The number of hydrogen-bond acceptors (Lipinski definition) is 8. The molecule has 0 aromatic heterocycles. The Morgan fingerprint density at radius 2 is 1.69 bits per heavy atom. The van der Waals surface area contributed by atoms with Gasteiger partial charge in [-0.2, -0.15) is 0 Å². The van der Waals surface area contributed by atoms with Crippen molar-refractivity contribution in [3.05, 3.63) is 64.2 Å². The van der Waals surface area contributed by atoms with Crippen molar-refractivity contribution in [1.82, 2.24) is 5.32 Å². The number of amides is 2. The Labute approximate surface area is 184 Å². The van der Waals surface area contributed by atoms with Gasteiger partial charge >= 0.3 is 6.16 Å². The van der Waals surface area contributed by atoms with Crippen LogP contribution >= 0.6 is 0 Å². The van der Waals surface area contributed by atoms with Crippen molar-refractivity contribution >= 4 is 29.3 Å². The fourth-order valence-corrected chi connectivity index (χ4v) is 2.38. The van der Waals surface area contributed by atoms with E-state index in [1.54, 1.807) is 24.3 Å². The first-order valence-corrected chi connectivity index (χ1v) is 9.67. The molecule has 32 heavy (non-hydrogen) atoms. The first kappa shape index (κ1) is 24.3. The molecule has 2 amide bonds. The van der Waals surface area contributed by atoms with Crippen LogP contribution in [0.15, 0.2) is 48.5 Å². The average Bonchev–Trinajstić information content (AvgIpc) is 2.76. The van der Waals surface area contributed by atoms with E-state index in [0.717, 1.165) is 0 Å². The molecule has 0 fully saturated rings. The normalized spacial score (nSPS) is 11.4. The molecule has 2 aromatic carbocycles. The van der Waals surface area contributed by atoms with E-state index in [1.807, 2.05) is 13.8 Å². The van der Waals surface area contributed by atoms with Gasteiger partial charge in [0.25, 0.3) is 5.69 Å². The first-order chi connectivity index (χ1) is 15.2. The van der Waals surface area contributed by atoms with E-state index in [4.69, 9.17) is 15.2 Å². The minimum absolute atomic E-state index is 0.0424. The monoisotopic (exact) mass is 444 g/mol. The highest BCUT2D eigenvalue weighted by molar-refractivity contribution is 5.95. The van der Waals surface area contributed by atoms with Crippen LogP contribution in [-0.2, 0) is 20.9 Å². The summed E-state index contributed by atoms with van der Waals surface area (Å²) in [6.07, 6.45) is -0.966. The highest BCUT2D eigenvalue weighted by atomic mass is 16.7. The van der Waals surface area contributed by atoms with Crippen molar-refractivity contribution < 1.29 is 28.8 Å². The Bertz CT molecular complexity index is 959. The van der Waals surface area contributed by atoms with Crippen LogP contribution in [0.1, 0.15) is 19.4 Å². The Morgan fingerprint density at radius 1 is 1.06 bits per heavy atom. The molecule has 1 unspecified atom stereocenters. The van der Waals surface area contributed by atoms with Gasteiger partial charge in [0.2, 0.25) is 11.8 Å². The number of non-ortho nitro benzene ring substituents is 1. The zero-order chi connectivity index (χ0) is 23.7. The van der Waals surface area contributed by atoms with Gasteiger partial charge in [-0.3, -0.25) is 19.7 Å². The summed E-state index contributed by atoms with van der Waals surface area (Å²) in [5, 5.41) is 15.7. The van der Waals surface area contributed by atoms with Crippen LogP contribution in [0.3, 0.4) is 0 Å². The molecule has 0 spiro atoms. The number of nitrogens with two attached hydrogens (primary N) is 1. The Morgan fingerprint density at radius 3 is 2.25 bits per heavy atom. The molecule has 0 saturated carbocycles. The molecule has 11 nitrogen and oxygen atoms in total. The van der Waals surface area contributed by atoms with Gasteiger partial charge in [0.05, 0.1) is 17.5 Å². The molecule has 2 aromatic rings. The van der Waals surface area contributed by atoms with Crippen molar-refractivity contribution in [2.45, 2.75) is 26.5 Å². The van der Waals surface area contributed by atoms with E-state index in [9.17, 15) is 24.5 Å². The number of carbonyl (C=O) groups excluding carboxylic acids is 3. The lowest BCUT2D eigenvalue weighted by molar-refractivity contribution is -0.384. The molecule has 0 saturated heterocycles. The average molecular weight is 444 g/mol. The number of nitrogens with one attached hydrogen (secondary N) is 2. The predicted octanol–water partition coefficient (Wildman–Crippen LogP) is 2.35. The van der Waals surface area contributed by atoms with Gasteiger partial charge in [-0.1, -0.05) is 26.0 Å². The lowest BCUT2D eigenvalue weighted by atomic mass is 10.1. The highest BCUT2D eigenvalue weighted by Crippen LogP contribution is 2.18. The standard InChI is InChI=1S/C21H24N4O7/c1-13(2)19(22)20(27)23-11-18(26)24-15-5-3-14(4-6-15)12-31-21(28)32-17-9-7-16(8-10-17)25(29)30/h3-10,13,19H,11-12,22H2,1-2H3,(H,23,27)(H,24,26). The minimum Gasteiger partial charge on any atom is -0.429 e. The van der Waals surface area contributed by atoms with Crippen LogP contribution in [0.25, 0.3) is 0 Å². The van der Waals surface area contributed by atoms with E-state index in [1.165, 1.54) is 24.3 Å². The van der Waals surface area contributed by atoms with Gasteiger partial charge in [0.1, 0.15) is 12.4 Å². The summed E-state index contributed by atoms with van der Waals surface area (Å²) in [5.74, 6) is -0.743. The van der Waals surface area contributed by atoms with Crippen LogP contribution < -0.4 is 21.1 Å². The Hall–Kier alpha value is -3.99. The zero-order valence-electron chi connectivity index (χ0n) is 17.6. The van der Waals surface area contributed by atoms with Crippen molar-refractivity contribution in [2.24, 2.45) is 11.7 Å². The SMILES string of the molecule is CC(C)C(N)C(=O)NCC(=O)Nc1ccc(COC(=O)Oc2ccc([N+](=O)[O-])cc2)cc1. The summed E-state index contributed by atoms with van der Waals surface area (Å²) >= 11 is 0. The molecule has 4 N–H and O–H groups in total. The molecular weight excluding hydrogens is 420 g/mol. The van der Waals surface area contributed by atoms with Crippen molar-refractivity contribution in [3.8, 4) is 5.75 Å². The summed E-state index contributed by atoms with van der Waals surface area (Å²) in [6.45, 7) is 3.33. The number of benzene rings is 2. The van der Waals surface area contributed by atoms with E-state index >= 15 is 0 Å². The Balaban J connectivity index is 1.76. The molecule has 0 aliphatic rings. The second-order valence-electron chi connectivity index (χ2n) is 7.12. The molecule has 11 heteroatoms. The molecule has 1 atom stereocenters. The molecule has 0 bridgehead atoms. The minimum atomic E-state index is -0.966. The number of ether oxygens (including phenoxy) is 2. The quantitative estimate of drug-likeness (QED) is 0.230. The molecule has 170 valence electrons. The van der Waals surface area contributed by atoms with Crippen LogP contribution in [0.4, 0.5) is 16.2 Å². The number of nitrogens with zero attached hydrogens (tertiary/aromatic N) is 1. The largest absolute Gasteiger partial charge is 0.514 e. The lowest BCUT2D eigenvalue weighted by Gasteiger charge is -2.15. The maximum atomic E-state index is 12.0. The lowest BCUT2D eigenvalue weighted by Crippen LogP contribution is -2.46. The number of nitro groups is 1. The second-order valence-corrected chi connectivity index (χ2v) is 7.12. The Kier molecular flexibility index (Phi) is 8.66. The van der Waals surface area contributed by atoms with Gasteiger partial charge in [0, 0.05) is 17.8 Å². The third kappa shape index (κ3) is 7.69. The van der Waals surface area contributed by atoms with Gasteiger partial charge < -0.3 is 25.8 Å². The summed E-state index contributed by atoms with van der Waals surface area (Å²) in [5.41, 5.74) is 6.72. The van der Waals surface area contributed by atoms with E-state index in [-0.39, 0.29) is 30.5 Å². The van der Waals surface area contributed by atoms with E-state index in [2.05, 4.69) is 10.6 Å². The number of hydrogen-bond donors (Lipinski definition) is 3. The topological polar surface area (TPSA) is 163 Å². The van der Waals surface area contributed by atoms with Crippen molar-refractivity contribution in [1.29, 1.82) is 0 Å². The molecule has 0 aliphatic heterocycles. The van der Waals surface area contributed by atoms with Gasteiger partial charge in [-0.25, -0.2) is 4.79 Å². The van der Waals surface area contributed by atoms with Crippen LogP contribution in [0.2, 0.25) is 0 Å². The summed E-state index contributed by atoms with van der Waals surface area (Å²) in [7, 11) is 0. The van der Waals surface area contributed by atoms with Crippen molar-refractivity contribution in [3.63, 3.8) is 0 Å². The summed E-state index contributed by atoms with van der Waals surface area (Å²) < 4.78 is 9.94. The van der Waals surface area contributed by atoms with Crippen LogP contribution in [-0.4, -0.2) is 35.5 Å². The van der Waals surface area contributed by atoms with E-state index in [0.29, 0.717) is 11.3 Å². The van der Waals surface area contributed by atoms with Crippen LogP contribution in [0.5, 0.6) is 5.75 Å². The summed E-state index contributed by atoms with van der Waals surface area (Å²) in [6, 6.07) is 10.8. The van der Waals surface area contributed by atoms with Gasteiger partial charge in [-0.05, 0) is 35.7 Å². The van der Waals surface area contributed by atoms with Gasteiger partial charge in [0.15, 0.2) is 0 Å². The highest BCUT2D eigenvalue weighted by Gasteiger charge is 2.17. The fraction of sp³-hybridized carbons (Fsp3) is 0.286. The maximum Gasteiger partial charge on any atom is 0.514 e. The van der Waals surface area contributed by atoms with Crippen molar-refractivity contribution in [2.75, 3.05) is 11.9 Å². The molecule has 2 rings (SSSR count). The predicted molar refractivity (Wildman–Crippen MR) is 115 cm³/mol. The molecular formula is C21H24N4O7.